The summed E-state index contributed by atoms with van der Waals surface area (Å²) in [5.41, 5.74) is 0.575. The molecule has 0 spiro atoms. The molecule has 1 aliphatic heterocycles. The minimum atomic E-state index is -0.621. The maximum atomic E-state index is 12.9. The van der Waals surface area contributed by atoms with E-state index in [1.165, 1.54) is 0 Å². The highest BCUT2D eigenvalue weighted by Gasteiger charge is 2.28. The van der Waals surface area contributed by atoms with Crippen LogP contribution >= 0.6 is 0 Å². The number of hydrogen-bond acceptors (Lipinski definition) is 6. The van der Waals surface area contributed by atoms with Gasteiger partial charge in [-0.2, -0.15) is 0 Å². The Kier molecular flexibility index (Phi) is 10.7. The molecule has 0 fully saturated rings. The Hall–Kier alpha value is -2.67. The van der Waals surface area contributed by atoms with Crippen LogP contribution in [0.1, 0.15) is 68.3 Å². The van der Waals surface area contributed by atoms with Gasteiger partial charge < -0.3 is 14.6 Å². The lowest BCUT2D eigenvalue weighted by atomic mass is 10.0. The number of ether oxygens (including phenoxy) is 2. The molecule has 7 nitrogen and oxygen atoms in total. The van der Waals surface area contributed by atoms with E-state index in [9.17, 15) is 9.59 Å². The molecule has 0 amide bonds. The fourth-order valence-corrected chi connectivity index (χ4v) is 3.03. The van der Waals surface area contributed by atoms with E-state index < -0.39 is 5.97 Å². The normalized spacial score (nSPS) is 14.3. The number of rotatable bonds is 5. The van der Waals surface area contributed by atoms with E-state index in [-0.39, 0.29) is 36.1 Å². The zero-order valence-electron chi connectivity index (χ0n) is 18.0. The van der Waals surface area contributed by atoms with Crippen molar-refractivity contribution in [2.45, 2.75) is 59.6 Å². The number of hydrogen-bond donors (Lipinski definition) is 1. The van der Waals surface area contributed by atoms with Crippen LogP contribution in [0.25, 0.3) is 0 Å². The van der Waals surface area contributed by atoms with Crippen LogP contribution in [0.4, 0.5) is 0 Å². The van der Waals surface area contributed by atoms with Gasteiger partial charge >= 0.3 is 5.97 Å². The summed E-state index contributed by atoms with van der Waals surface area (Å²) < 4.78 is 12.4. The average molecular weight is 405 g/mol. The van der Waals surface area contributed by atoms with Gasteiger partial charge in [0.25, 0.3) is 5.56 Å². The van der Waals surface area contributed by atoms with Gasteiger partial charge in [-0.05, 0) is 25.3 Å². The number of aliphatic hydroxyl groups is 1. The summed E-state index contributed by atoms with van der Waals surface area (Å²) in [6.07, 6.45) is 1.85. The van der Waals surface area contributed by atoms with Crippen molar-refractivity contribution < 1.29 is 19.4 Å². The third kappa shape index (κ3) is 6.15. The van der Waals surface area contributed by atoms with E-state index in [0.29, 0.717) is 12.4 Å². The fourth-order valence-electron chi connectivity index (χ4n) is 3.03. The van der Waals surface area contributed by atoms with E-state index in [0.717, 1.165) is 25.5 Å². The van der Waals surface area contributed by atoms with Crippen LogP contribution < -0.4 is 10.3 Å². The summed E-state index contributed by atoms with van der Waals surface area (Å²) in [5, 5.41) is 7.00. The van der Waals surface area contributed by atoms with Crippen molar-refractivity contribution >= 4 is 5.97 Å². The van der Waals surface area contributed by atoms with Gasteiger partial charge in [0, 0.05) is 19.6 Å². The van der Waals surface area contributed by atoms with Gasteiger partial charge in [0.15, 0.2) is 5.69 Å². The smallest absolute Gasteiger partial charge is 0.361 e. The molecule has 0 radical (unpaired) electrons. The van der Waals surface area contributed by atoms with Gasteiger partial charge in [-0.3, -0.25) is 9.36 Å². The Balaban J connectivity index is 0.000000989. The number of carbonyl (C=O) groups excluding carboxylic acids is 1. The van der Waals surface area contributed by atoms with E-state index in [1.807, 2.05) is 51.1 Å². The largest absolute Gasteiger partial charge is 0.481 e. The summed E-state index contributed by atoms with van der Waals surface area (Å²) in [6.45, 7) is 8.73. The standard InChI is InChI=1S/C19H22N2O4.C2H6.CH4O/c1-3-24-19(23)15-16(25-12-14-9-5-4-6-10-14)18(22)21-11-7-8-13(2)17(21)20-15;2*1-2/h4-6,9-10,13H,3,7-8,11-12H2,1-2H3;1-2H3;2H,1H3. The first kappa shape index (κ1) is 24.4. The zero-order chi connectivity index (χ0) is 21.8. The number of fused-ring (bicyclic) bond motifs is 1. The topological polar surface area (TPSA) is 90.7 Å². The molecular formula is C22H32N2O5. The summed E-state index contributed by atoms with van der Waals surface area (Å²) in [6, 6.07) is 9.49. The molecule has 1 aliphatic rings. The van der Waals surface area contributed by atoms with Crippen molar-refractivity contribution in [3.63, 3.8) is 0 Å². The lowest BCUT2D eigenvalue weighted by Gasteiger charge is -2.24. The Labute approximate surface area is 172 Å². The molecule has 160 valence electrons. The number of aromatic nitrogens is 2. The van der Waals surface area contributed by atoms with Crippen molar-refractivity contribution in [1.29, 1.82) is 0 Å². The molecule has 1 atom stereocenters. The molecule has 29 heavy (non-hydrogen) atoms. The third-order valence-electron chi connectivity index (χ3n) is 4.31. The molecule has 1 aromatic carbocycles. The van der Waals surface area contributed by atoms with Gasteiger partial charge in [0.05, 0.1) is 6.61 Å². The van der Waals surface area contributed by atoms with Gasteiger partial charge in [0.2, 0.25) is 5.75 Å². The molecule has 0 saturated carbocycles. The molecular weight excluding hydrogens is 372 g/mol. The van der Waals surface area contributed by atoms with Crippen LogP contribution in [-0.2, 0) is 17.9 Å². The number of aliphatic hydroxyl groups excluding tert-OH is 1. The molecule has 0 aliphatic carbocycles. The second-order valence-electron chi connectivity index (χ2n) is 6.14. The molecule has 0 saturated heterocycles. The first-order valence-electron chi connectivity index (χ1n) is 10.0. The summed E-state index contributed by atoms with van der Waals surface area (Å²) in [7, 11) is 1.00. The quantitative estimate of drug-likeness (QED) is 0.767. The van der Waals surface area contributed by atoms with Gasteiger partial charge in [-0.15, -0.1) is 0 Å². The highest BCUT2D eigenvalue weighted by molar-refractivity contribution is 5.90. The second-order valence-corrected chi connectivity index (χ2v) is 6.14. The van der Waals surface area contributed by atoms with E-state index in [1.54, 1.807) is 11.5 Å². The summed E-state index contributed by atoms with van der Waals surface area (Å²) >= 11 is 0. The maximum absolute atomic E-state index is 12.9. The second kappa shape index (κ2) is 12.7. The number of benzene rings is 1. The third-order valence-corrected chi connectivity index (χ3v) is 4.31. The molecule has 1 unspecified atom stereocenters. The number of carbonyl (C=O) groups is 1. The van der Waals surface area contributed by atoms with Crippen LogP contribution in [0.5, 0.6) is 5.75 Å². The fraction of sp³-hybridized carbons (Fsp3) is 0.500. The van der Waals surface area contributed by atoms with Gasteiger partial charge in [-0.25, -0.2) is 9.78 Å². The summed E-state index contributed by atoms with van der Waals surface area (Å²) in [5.74, 6) is 0.105. The van der Waals surface area contributed by atoms with E-state index in [2.05, 4.69) is 4.98 Å². The Morgan fingerprint density at radius 3 is 2.52 bits per heavy atom. The van der Waals surface area contributed by atoms with E-state index in [4.69, 9.17) is 14.6 Å². The number of esters is 1. The number of nitrogens with zero attached hydrogens (tertiary/aromatic N) is 2. The maximum Gasteiger partial charge on any atom is 0.361 e. The SMILES string of the molecule is CC.CCOC(=O)c1nc2n(c(=O)c1OCc1ccccc1)CCCC2C.CO. The monoisotopic (exact) mass is 404 g/mol. The van der Waals surface area contributed by atoms with Gasteiger partial charge in [0.1, 0.15) is 12.4 Å². The Morgan fingerprint density at radius 2 is 1.90 bits per heavy atom. The van der Waals surface area contributed by atoms with Gasteiger partial charge in [-0.1, -0.05) is 51.1 Å². The zero-order valence-corrected chi connectivity index (χ0v) is 18.0. The van der Waals surface area contributed by atoms with Crippen LogP contribution in [0.3, 0.4) is 0 Å². The average Bonchev–Trinajstić information content (AvgIpc) is 2.77. The molecule has 0 bridgehead atoms. The van der Waals surface area contributed by atoms with Crippen molar-refractivity contribution in [1.82, 2.24) is 9.55 Å². The van der Waals surface area contributed by atoms with Crippen molar-refractivity contribution in [2.75, 3.05) is 13.7 Å². The van der Waals surface area contributed by atoms with Crippen molar-refractivity contribution in [3.8, 4) is 5.75 Å². The lowest BCUT2D eigenvalue weighted by molar-refractivity contribution is 0.0511. The minimum absolute atomic E-state index is 0.0252. The highest BCUT2D eigenvalue weighted by atomic mass is 16.5. The minimum Gasteiger partial charge on any atom is -0.481 e. The summed E-state index contributed by atoms with van der Waals surface area (Å²) in [4.78, 5) is 29.7. The Bertz CT molecular complexity index is 818. The first-order chi connectivity index (χ1) is 14.1. The van der Waals surface area contributed by atoms with Crippen LogP contribution in [0.2, 0.25) is 0 Å². The highest BCUT2D eigenvalue weighted by Crippen LogP contribution is 2.26. The van der Waals surface area contributed by atoms with Crippen molar-refractivity contribution in [3.05, 3.63) is 57.8 Å². The predicted octanol–water partition coefficient (Wildman–Crippen LogP) is 3.53. The molecule has 2 heterocycles. The van der Waals surface area contributed by atoms with Crippen molar-refractivity contribution in [2.24, 2.45) is 0 Å². The predicted molar refractivity (Wildman–Crippen MR) is 112 cm³/mol. The molecule has 3 rings (SSSR count). The van der Waals surface area contributed by atoms with Crippen LogP contribution in [0.15, 0.2) is 35.1 Å². The molecule has 1 aromatic heterocycles. The lowest BCUT2D eigenvalue weighted by Crippen LogP contribution is -2.33. The van der Waals surface area contributed by atoms with E-state index >= 15 is 0 Å². The van der Waals surface area contributed by atoms with Crippen LogP contribution in [0, 0.1) is 0 Å². The molecule has 7 heteroatoms. The molecule has 2 aromatic rings. The molecule has 1 N–H and O–H groups in total. The first-order valence-corrected chi connectivity index (χ1v) is 10.0. The van der Waals surface area contributed by atoms with Crippen LogP contribution in [-0.4, -0.2) is 34.3 Å². The Morgan fingerprint density at radius 1 is 1.24 bits per heavy atom.